The molecule has 1 aromatic rings. The lowest BCUT2D eigenvalue weighted by Gasteiger charge is -2.26. The minimum absolute atomic E-state index is 0.124. The first-order chi connectivity index (χ1) is 9.25. The largest absolute Gasteiger partial charge is 0.434 e. The molecule has 114 valence electrons. The second kappa shape index (κ2) is 6.99. The number of rotatable bonds is 7. The standard InChI is InChI=1S/C15H23F2NO2/c1-10-7-12(9-18-15(3,4)5-6-19)8-11(2)13(10)20-14(16)17/h7-8,14,18-19H,5-6,9H2,1-4H3. The summed E-state index contributed by atoms with van der Waals surface area (Å²) in [6, 6.07) is 3.68. The average molecular weight is 287 g/mol. The van der Waals surface area contributed by atoms with Gasteiger partial charge in [0.15, 0.2) is 0 Å². The molecule has 0 bridgehead atoms. The van der Waals surface area contributed by atoms with E-state index in [1.807, 2.05) is 26.0 Å². The van der Waals surface area contributed by atoms with Crippen molar-refractivity contribution in [2.45, 2.75) is 52.8 Å². The van der Waals surface area contributed by atoms with Gasteiger partial charge in [0.25, 0.3) is 0 Å². The van der Waals surface area contributed by atoms with Gasteiger partial charge in [-0.15, -0.1) is 0 Å². The summed E-state index contributed by atoms with van der Waals surface area (Å²) in [7, 11) is 0. The molecule has 0 saturated heterocycles. The lowest BCUT2D eigenvalue weighted by Crippen LogP contribution is -2.39. The Morgan fingerprint density at radius 1 is 1.25 bits per heavy atom. The van der Waals surface area contributed by atoms with Crippen molar-refractivity contribution in [3.8, 4) is 5.75 Å². The Hall–Kier alpha value is -1.20. The van der Waals surface area contributed by atoms with Crippen molar-refractivity contribution in [3.05, 3.63) is 28.8 Å². The highest BCUT2D eigenvalue weighted by Crippen LogP contribution is 2.26. The van der Waals surface area contributed by atoms with Crippen molar-refractivity contribution < 1.29 is 18.6 Å². The summed E-state index contributed by atoms with van der Waals surface area (Å²) in [6.07, 6.45) is 0.650. The molecule has 0 fully saturated rings. The first-order valence-corrected chi connectivity index (χ1v) is 6.66. The molecule has 0 heterocycles. The number of hydrogen-bond donors (Lipinski definition) is 2. The maximum absolute atomic E-state index is 12.3. The molecule has 1 aromatic carbocycles. The van der Waals surface area contributed by atoms with Crippen LogP contribution in [0.15, 0.2) is 12.1 Å². The maximum Gasteiger partial charge on any atom is 0.387 e. The minimum atomic E-state index is -2.81. The van der Waals surface area contributed by atoms with Crippen molar-refractivity contribution in [2.24, 2.45) is 0 Å². The molecular formula is C15H23F2NO2. The minimum Gasteiger partial charge on any atom is -0.434 e. The lowest BCUT2D eigenvalue weighted by atomic mass is 10.00. The topological polar surface area (TPSA) is 41.5 Å². The van der Waals surface area contributed by atoms with Gasteiger partial charge in [-0.3, -0.25) is 0 Å². The number of hydrogen-bond acceptors (Lipinski definition) is 3. The van der Waals surface area contributed by atoms with Crippen LogP contribution in [-0.4, -0.2) is 23.9 Å². The van der Waals surface area contributed by atoms with Gasteiger partial charge in [-0.25, -0.2) is 0 Å². The Morgan fingerprint density at radius 2 is 1.80 bits per heavy atom. The molecule has 3 nitrogen and oxygen atoms in total. The highest BCUT2D eigenvalue weighted by atomic mass is 19.3. The number of alkyl halides is 2. The van der Waals surface area contributed by atoms with Crippen molar-refractivity contribution >= 4 is 0 Å². The van der Waals surface area contributed by atoms with Crippen LogP contribution in [0.2, 0.25) is 0 Å². The van der Waals surface area contributed by atoms with Gasteiger partial charge in [-0.1, -0.05) is 12.1 Å². The predicted molar refractivity (Wildman–Crippen MR) is 75.2 cm³/mol. The zero-order valence-corrected chi connectivity index (χ0v) is 12.5. The molecule has 1 rings (SSSR count). The van der Waals surface area contributed by atoms with Crippen molar-refractivity contribution in [3.63, 3.8) is 0 Å². The van der Waals surface area contributed by atoms with Crippen LogP contribution in [0.4, 0.5) is 8.78 Å². The van der Waals surface area contributed by atoms with E-state index in [0.717, 1.165) is 5.56 Å². The molecule has 0 amide bonds. The summed E-state index contributed by atoms with van der Waals surface area (Å²) in [5, 5.41) is 12.3. The first kappa shape index (κ1) is 16.9. The van der Waals surface area contributed by atoms with Crippen molar-refractivity contribution in [1.29, 1.82) is 0 Å². The number of ether oxygens (including phenoxy) is 1. The highest BCUT2D eigenvalue weighted by Gasteiger charge is 2.17. The molecular weight excluding hydrogens is 264 g/mol. The molecule has 20 heavy (non-hydrogen) atoms. The Bertz CT molecular complexity index is 424. The zero-order chi connectivity index (χ0) is 15.3. The van der Waals surface area contributed by atoms with Crippen molar-refractivity contribution in [2.75, 3.05) is 6.61 Å². The van der Waals surface area contributed by atoms with Gasteiger partial charge in [0.2, 0.25) is 0 Å². The second-order valence-corrected chi connectivity index (χ2v) is 5.65. The quantitative estimate of drug-likeness (QED) is 0.809. The molecule has 2 N–H and O–H groups in total. The third-order valence-corrected chi connectivity index (χ3v) is 3.23. The van der Waals surface area contributed by atoms with Crippen LogP contribution >= 0.6 is 0 Å². The van der Waals surface area contributed by atoms with E-state index in [1.54, 1.807) is 13.8 Å². The number of nitrogens with one attached hydrogen (secondary N) is 1. The van der Waals surface area contributed by atoms with Crippen LogP contribution in [0.3, 0.4) is 0 Å². The first-order valence-electron chi connectivity index (χ1n) is 6.66. The van der Waals surface area contributed by atoms with Crippen LogP contribution in [0.25, 0.3) is 0 Å². The van der Waals surface area contributed by atoms with E-state index in [2.05, 4.69) is 10.1 Å². The summed E-state index contributed by atoms with van der Waals surface area (Å²) in [5.74, 6) is 0.248. The van der Waals surface area contributed by atoms with Gasteiger partial charge in [0.1, 0.15) is 5.75 Å². The molecule has 0 aliphatic heterocycles. The summed E-state index contributed by atoms with van der Waals surface area (Å²) in [4.78, 5) is 0. The van der Waals surface area contributed by atoms with E-state index in [9.17, 15) is 8.78 Å². The van der Waals surface area contributed by atoms with E-state index in [0.29, 0.717) is 24.1 Å². The van der Waals surface area contributed by atoms with Crippen LogP contribution in [0, 0.1) is 13.8 Å². The molecule has 0 aliphatic rings. The Balaban J connectivity index is 2.79. The molecule has 0 unspecified atom stereocenters. The lowest BCUT2D eigenvalue weighted by molar-refractivity contribution is -0.0507. The third kappa shape index (κ3) is 5.06. The predicted octanol–water partition coefficient (Wildman–Crippen LogP) is 3.16. The Kier molecular flexibility index (Phi) is 5.89. The van der Waals surface area contributed by atoms with Gasteiger partial charge >= 0.3 is 6.61 Å². The fraction of sp³-hybridized carbons (Fsp3) is 0.600. The smallest absolute Gasteiger partial charge is 0.387 e. The molecule has 0 spiro atoms. The van der Waals surface area contributed by atoms with E-state index in [-0.39, 0.29) is 17.9 Å². The zero-order valence-electron chi connectivity index (χ0n) is 12.5. The van der Waals surface area contributed by atoms with E-state index in [4.69, 9.17) is 5.11 Å². The second-order valence-electron chi connectivity index (χ2n) is 5.65. The molecule has 0 saturated carbocycles. The average Bonchev–Trinajstić information content (AvgIpc) is 2.31. The van der Waals surface area contributed by atoms with Crippen LogP contribution < -0.4 is 10.1 Å². The fourth-order valence-electron chi connectivity index (χ4n) is 2.13. The van der Waals surface area contributed by atoms with Crippen molar-refractivity contribution in [1.82, 2.24) is 5.32 Å². The monoisotopic (exact) mass is 287 g/mol. The molecule has 0 aliphatic carbocycles. The van der Waals surface area contributed by atoms with Crippen LogP contribution in [-0.2, 0) is 6.54 Å². The summed E-state index contributed by atoms with van der Waals surface area (Å²) in [5.41, 5.74) is 2.23. The Labute approximate surface area is 119 Å². The van der Waals surface area contributed by atoms with Crippen LogP contribution in [0.5, 0.6) is 5.75 Å². The third-order valence-electron chi connectivity index (χ3n) is 3.23. The summed E-state index contributed by atoms with van der Waals surface area (Å²) < 4.78 is 29.2. The van der Waals surface area contributed by atoms with Gasteiger partial charge in [0.05, 0.1) is 0 Å². The number of halogens is 2. The van der Waals surface area contributed by atoms with E-state index < -0.39 is 6.61 Å². The summed E-state index contributed by atoms with van der Waals surface area (Å²) in [6.45, 7) is 5.47. The van der Waals surface area contributed by atoms with Crippen LogP contribution in [0.1, 0.15) is 37.0 Å². The van der Waals surface area contributed by atoms with E-state index >= 15 is 0 Å². The number of aliphatic hydroxyl groups is 1. The normalized spacial score (nSPS) is 12.0. The number of benzene rings is 1. The molecule has 0 aromatic heterocycles. The van der Waals surface area contributed by atoms with Gasteiger partial charge < -0.3 is 15.2 Å². The van der Waals surface area contributed by atoms with Gasteiger partial charge in [0, 0.05) is 18.7 Å². The molecule has 0 radical (unpaired) electrons. The van der Waals surface area contributed by atoms with Gasteiger partial charge in [-0.2, -0.15) is 8.78 Å². The molecule has 5 heteroatoms. The fourth-order valence-corrected chi connectivity index (χ4v) is 2.13. The highest BCUT2D eigenvalue weighted by molar-refractivity contribution is 5.43. The Morgan fingerprint density at radius 3 is 2.25 bits per heavy atom. The maximum atomic E-state index is 12.3. The SMILES string of the molecule is Cc1cc(CNC(C)(C)CCO)cc(C)c1OC(F)F. The molecule has 0 atom stereocenters. The van der Waals surface area contributed by atoms with Gasteiger partial charge in [-0.05, 0) is 50.8 Å². The number of aliphatic hydroxyl groups excluding tert-OH is 1. The number of aryl methyl sites for hydroxylation is 2. The summed E-state index contributed by atoms with van der Waals surface area (Å²) >= 11 is 0. The van der Waals surface area contributed by atoms with E-state index in [1.165, 1.54) is 0 Å².